The smallest absolute Gasteiger partial charge is 0.141 e. The van der Waals surface area contributed by atoms with Gasteiger partial charge in [-0.05, 0) is 86.2 Å². The number of hydrogen-bond acceptors (Lipinski definition) is 2. The average molecular weight is 447 g/mol. The second-order valence-electron chi connectivity index (χ2n) is 10.3. The van der Waals surface area contributed by atoms with Crippen LogP contribution in [0.2, 0.25) is 0 Å². The number of fused-ring (bicyclic) bond motifs is 12. The highest BCUT2D eigenvalue weighted by Gasteiger charge is 2.39. The molecule has 0 saturated carbocycles. The molecule has 4 aliphatic rings. The zero-order valence-corrected chi connectivity index (χ0v) is 19.3. The van der Waals surface area contributed by atoms with Crippen LogP contribution in [-0.2, 0) is 25.7 Å². The highest BCUT2D eigenvalue weighted by atomic mass is 15.2. The molecule has 4 aromatic carbocycles. The van der Waals surface area contributed by atoms with Gasteiger partial charge < -0.3 is 0 Å². The predicted molar refractivity (Wildman–Crippen MR) is 141 cm³/mol. The summed E-state index contributed by atoms with van der Waals surface area (Å²) in [7, 11) is 0. The molecule has 1 aromatic heterocycles. The number of benzene rings is 4. The van der Waals surface area contributed by atoms with Gasteiger partial charge in [-0.2, -0.15) is 0 Å². The number of hydrogen-bond donors (Lipinski definition) is 0. The van der Waals surface area contributed by atoms with Crippen molar-refractivity contribution in [3.63, 3.8) is 0 Å². The van der Waals surface area contributed by atoms with E-state index in [0.29, 0.717) is 0 Å². The van der Waals surface area contributed by atoms with Crippen LogP contribution in [0.25, 0.3) is 22.3 Å². The van der Waals surface area contributed by atoms with E-state index in [1.807, 2.05) is 6.20 Å². The molecule has 0 saturated heterocycles. The van der Waals surface area contributed by atoms with Crippen molar-refractivity contribution in [2.45, 2.75) is 25.7 Å². The Morgan fingerprint density at radius 2 is 1.23 bits per heavy atom. The van der Waals surface area contributed by atoms with E-state index in [0.717, 1.165) is 31.5 Å². The molecule has 0 atom stereocenters. The summed E-state index contributed by atoms with van der Waals surface area (Å²) in [6, 6.07) is 29.5. The van der Waals surface area contributed by atoms with Crippen LogP contribution in [0.15, 0.2) is 85.1 Å². The van der Waals surface area contributed by atoms with Gasteiger partial charge in [0, 0.05) is 24.6 Å². The summed E-state index contributed by atoms with van der Waals surface area (Å²) in [5.74, 6) is 1.11. The van der Waals surface area contributed by atoms with Gasteiger partial charge in [0.25, 0.3) is 0 Å². The molecule has 2 heteroatoms. The van der Waals surface area contributed by atoms with Crippen LogP contribution in [0.5, 0.6) is 0 Å². The normalized spacial score (nSPS) is 14.9. The summed E-state index contributed by atoms with van der Waals surface area (Å²) in [5.41, 5.74) is 19.9. The van der Waals surface area contributed by atoms with Gasteiger partial charge in [-0.3, -0.25) is 4.90 Å². The summed E-state index contributed by atoms with van der Waals surface area (Å²) in [5, 5.41) is 0. The van der Waals surface area contributed by atoms with E-state index in [4.69, 9.17) is 4.98 Å². The first-order valence-electron chi connectivity index (χ1n) is 12.6. The number of nitrogens with zero attached hydrogens (tertiary/aromatic N) is 2. The second-order valence-corrected chi connectivity index (χ2v) is 10.3. The van der Waals surface area contributed by atoms with E-state index >= 15 is 0 Å². The Labute approximate surface area is 204 Å². The third-order valence-electron chi connectivity index (χ3n) is 8.56. The minimum Gasteiger partial charge on any atom is -0.293 e. The van der Waals surface area contributed by atoms with Crippen molar-refractivity contribution in [2.75, 3.05) is 4.90 Å². The molecule has 164 valence electrons. The summed E-state index contributed by atoms with van der Waals surface area (Å²) in [4.78, 5) is 7.52. The van der Waals surface area contributed by atoms with Crippen LogP contribution < -0.4 is 4.90 Å². The van der Waals surface area contributed by atoms with E-state index in [9.17, 15) is 0 Å². The largest absolute Gasteiger partial charge is 0.293 e. The lowest BCUT2D eigenvalue weighted by Gasteiger charge is -2.40. The van der Waals surface area contributed by atoms with Crippen molar-refractivity contribution < 1.29 is 0 Å². The Hall–Kier alpha value is -4.17. The molecule has 35 heavy (non-hydrogen) atoms. The number of anilines is 3. The molecule has 0 amide bonds. The van der Waals surface area contributed by atoms with Gasteiger partial charge in [-0.25, -0.2) is 4.98 Å². The number of pyridine rings is 1. The van der Waals surface area contributed by atoms with Crippen LogP contribution >= 0.6 is 0 Å². The maximum absolute atomic E-state index is 4.98. The average Bonchev–Trinajstić information content (AvgIpc) is 3.47. The molecule has 2 aliphatic heterocycles. The first kappa shape index (κ1) is 18.2. The minimum absolute atomic E-state index is 0.943. The molecule has 0 fully saturated rings. The SMILES string of the molecule is c1ccc2c(c1)Cc1c-2cc2c3c1Cc1ccc4c(c1N3c1ncccc1C2)-c1ccccc1C4. The summed E-state index contributed by atoms with van der Waals surface area (Å²) >= 11 is 0. The van der Waals surface area contributed by atoms with Crippen LogP contribution in [-0.4, -0.2) is 4.98 Å². The Bertz CT molecular complexity index is 1760. The minimum atomic E-state index is 0.943. The van der Waals surface area contributed by atoms with Gasteiger partial charge in [0.15, 0.2) is 0 Å². The standard InChI is InChI=1S/C33H22N2/c1-3-9-25-20(7-1)16-28-27(25)18-24-15-23-8-5-13-34-33(23)35-31(24)29(28)17-22-12-11-21-14-19-6-2-4-10-26(19)30(21)32(22)35/h1-13,18H,14-17H2. The first-order valence-corrected chi connectivity index (χ1v) is 12.6. The monoisotopic (exact) mass is 446 g/mol. The van der Waals surface area contributed by atoms with Crippen molar-refractivity contribution >= 4 is 17.2 Å². The Morgan fingerprint density at radius 1 is 0.514 bits per heavy atom. The molecule has 2 nitrogen and oxygen atoms in total. The molecule has 3 heterocycles. The van der Waals surface area contributed by atoms with Crippen LogP contribution in [0, 0.1) is 0 Å². The Kier molecular flexibility index (Phi) is 3.27. The van der Waals surface area contributed by atoms with Crippen molar-refractivity contribution in [3.05, 3.63) is 130 Å². The van der Waals surface area contributed by atoms with Crippen molar-refractivity contribution in [1.82, 2.24) is 4.98 Å². The van der Waals surface area contributed by atoms with Crippen LogP contribution in [0.3, 0.4) is 0 Å². The van der Waals surface area contributed by atoms with Crippen molar-refractivity contribution in [2.24, 2.45) is 0 Å². The van der Waals surface area contributed by atoms with Gasteiger partial charge in [0.05, 0.1) is 11.4 Å². The maximum Gasteiger partial charge on any atom is 0.141 e. The van der Waals surface area contributed by atoms with Gasteiger partial charge in [0.2, 0.25) is 0 Å². The zero-order chi connectivity index (χ0) is 22.7. The summed E-state index contributed by atoms with van der Waals surface area (Å²) in [6.07, 6.45) is 5.93. The molecule has 0 bridgehead atoms. The molecular weight excluding hydrogens is 424 g/mol. The van der Waals surface area contributed by atoms with E-state index in [2.05, 4.69) is 83.8 Å². The topological polar surface area (TPSA) is 16.1 Å². The fraction of sp³-hybridized carbons (Fsp3) is 0.121. The third kappa shape index (κ3) is 2.23. The molecular formula is C33H22N2. The molecule has 0 spiro atoms. The van der Waals surface area contributed by atoms with E-state index in [1.165, 1.54) is 78.1 Å². The van der Waals surface area contributed by atoms with Crippen LogP contribution in [0.1, 0.15) is 44.5 Å². The van der Waals surface area contributed by atoms with Gasteiger partial charge >= 0.3 is 0 Å². The maximum atomic E-state index is 4.98. The van der Waals surface area contributed by atoms with Crippen LogP contribution in [0.4, 0.5) is 17.2 Å². The van der Waals surface area contributed by atoms with Crippen molar-refractivity contribution in [1.29, 1.82) is 0 Å². The molecule has 0 unspecified atom stereocenters. The van der Waals surface area contributed by atoms with Gasteiger partial charge in [0.1, 0.15) is 5.82 Å². The molecule has 9 rings (SSSR count). The zero-order valence-electron chi connectivity index (χ0n) is 19.3. The van der Waals surface area contributed by atoms with Gasteiger partial charge in [-0.15, -0.1) is 0 Å². The van der Waals surface area contributed by atoms with Gasteiger partial charge in [-0.1, -0.05) is 66.7 Å². The quantitative estimate of drug-likeness (QED) is 0.240. The van der Waals surface area contributed by atoms with Crippen molar-refractivity contribution in [3.8, 4) is 22.3 Å². The highest BCUT2D eigenvalue weighted by molar-refractivity contribution is 6.00. The molecule has 5 aromatic rings. The lowest BCUT2D eigenvalue weighted by atomic mass is 9.81. The molecule has 0 radical (unpaired) electrons. The first-order chi connectivity index (χ1) is 17.3. The van der Waals surface area contributed by atoms with E-state index in [-0.39, 0.29) is 0 Å². The summed E-state index contributed by atoms with van der Waals surface area (Å²) in [6.45, 7) is 0. The Morgan fingerprint density at radius 3 is 2.14 bits per heavy atom. The second kappa shape index (κ2) is 6.28. The Balaban J connectivity index is 1.38. The van der Waals surface area contributed by atoms with E-state index < -0.39 is 0 Å². The summed E-state index contributed by atoms with van der Waals surface area (Å²) < 4.78 is 0. The predicted octanol–water partition coefficient (Wildman–Crippen LogP) is 7.50. The lowest BCUT2D eigenvalue weighted by Crippen LogP contribution is -2.27. The molecule has 0 N–H and O–H groups in total. The fourth-order valence-electron chi connectivity index (χ4n) is 7.14. The fourth-order valence-corrected chi connectivity index (χ4v) is 7.14. The number of rotatable bonds is 0. The highest BCUT2D eigenvalue weighted by Crippen LogP contribution is 2.57. The number of aromatic nitrogens is 1. The third-order valence-corrected chi connectivity index (χ3v) is 8.56. The molecule has 2 aliphatic carbocycles. The lowest BCUT2D eigenvalue weighted by molar-refractivity contribution is 0.969. The van der Waals surface area contributed by atoms with E-state index in [1.54, 1.807) is 0 Å².